The van der Waals surface area contributed by atoms with Gasteiger partial charge < -0.3 is 9.80 Å². The zero-order valence-corrected chi connectivity index (χ0v) is 11.3. The van der Waals surface area contributed by atoms with Crippen molar-refractivity contribution in [2.24, 2.45) is 0 Å². The molecule has 14 heavy (non-hydrogen) atoms. The van der Waals surface area contributed by atoms with Crippen LogP contribution in [0, 0.1) is 0 Å². The zero-order chi connectivity index (χ0) is 11.6. The second-order valence-electron chi connectivity index (χ2n) is 3.50. The molecule has 1 saturated heterocycles. The topological polar surface area (TPSA) is 6.48 Å². The van der Waals surface area contributed by atoms with Crippen molar-refractivity contribution in [3.05, 3.63) is 0 Å². The third-order valence-electron chi connectivity index (χ3n) is 2.42. The summed E-state index contributed by atoms with van der Waals surface area (Å²) >= 11 is 0. The number of hydrogen-bond donors (Lipinski definition) is 0. The van der Waals surface area contributed by atoms with Crippen molar-refractivity contribution in [2.45, 2.75) is 46.6 Å². The molecule has 2 heteroatoms. The molecule has 0 aromatic rings. The van der Waals surface area contributed by atoms with Crippen molar-refractivity contribution in [2.75, 3.05) is 34.2 Å². The van der Waals surface area contributed by atoms with Gasteiger partial charge in [0.05, 0.1) is 0 Å². The Morgan fingerprint density at radius 1 is 0.929 bits per heavy atom. The van der Waals surface area contributed by atoms with Crippen molar-refractivity contribution in [3.8, 4) is 0 Å². The van der Waals surface area contributed by atoms with E-state index in [1.165, 1.54) is 25.9 Å². The van der Waals surface area contributed by atoms with Gasteiger partial charge in [0.2, 0.25) is 0 Å². The van der Waals surface area contributed by atoms with E-state index in [1.54, 1.807) is 0 Å². The van der Waals surface area contributed by atoms with Gasteiger partial charge in [-0.3, -0.25) is 0 Å². The van der Waals surface area contributed by atoms with Gasteiger partial charge in [-0.15, -0.1) is 0 Å². The van der Waals surface area contributed by atoms with Gasteiger partial charge in [-0.25, -0.2) is 0 Å². The summed E-state index contributed by atoms with van der Waals surface area (Å²) in [5.41, 5.74) is 0. The Kier molecular flexibility index (Phi) is 12.8. The van der Waals surface area contributed by atoms with Gasteiger partial charge in [-0.1, -0.05) is 27.7 Å². The van der Waals surface area contributed by atoms with Gasteiger partial charge in [0.1, 0.15) is 0 Å². The minimum Gasteiger partial charge on any atom is -0.306 e. The molecule has 1 aliphatic rings. The summed E-state index contributed by atoms with van der Waals surface area (Å²) in [6.45, 7) is 10.5. The maximum Gasteiger partial charge on any atom is 0.0113 e. The molecule has 0 radical (unpaired) electrons. The SMILES string of the molecule is CC.CC.CN1CCC(N(C)C)CC1. The highest BCUT2D eigenvalue weighted by molar-refractivity contribution is 4.74. The summed E-state index contributed by atoms with van der Waals surface area (Å²) in [5.74, 6) is 0. The Hall–Kier alpha value is -0.0800. The first kappa shape index (κ1) is 16.4. The van der Waals surface area contributed by atoms with Crippen molar-refractivity contribution < 1.29 is 0 Å². The highest BCUT2D eigenvalue weighted by Crippen LogP contribution is 2.11. The van der Waals surface area contributed by atoms with Gasteiger partial charge in [0.25, 0.3) is 0 Å². The minimum absolute atomic E-state index is 0.830. The Labute approximate surface area is 91.3 Å². The lowest BCUT2D eigenvalue weighted by atomic mass is 10.1. The van der Waals surface area contributed by atoms with Gasteiger partial charge in [-0.05, 0) is 47.1 Å². The molecular formula is C12H30N2. The smallest absolute Gasteiger partial charge is 0.0113 e. The summed E-state index contributed by atoms with van der Waals surface area (Å²) in [6, 6.07) is 0.830. The van der Waals surface area contributed by atoms with Gasteiger partial charge in [0, 0.05) is 6.04 Å². The predicted octanol–water partition coefficient (Wildman–Crippen LogP) is 2.69. The van der Waals surface area contributed by atoms with Crippen LogP contribution in [0.2, 0.25) is 0 Å². The highest BCUT2D eigenvalue weighted by atomic mass is 15.2. The molecule has 1 heterocycles. The van der Waals surface area contributed by atoms with Crippen molar-refractivity contribution >= 4 is 0 Å². The van der Waals surface area contributed by atoms with Crippen LogP contribution in [0.3, 0.4) is 0 Å². The quantitative estimate of drug-likeness (QED) is 0.645. The molecule has 0 saturated carbocycles. The molecule has 2 nitrogen and oxygen atoms in total. The number of piperidine rings is 1. The van der Waals surface area contributed by atoms with Crippen LogP contribution in [0.25, 0.3) is 0 Å². The summed E-state index contributed by atoms with van der Waals surface area (Å²) in [6.07, 6.45) is 2.67. The largest absolute Gasteiger partial charge is 0.306 e. The van der Waals surface area contributed by atoms with E-state index in [2.05, 4.69) is 30.9 Å². The monoisotopic (exact) mass is 202 g/mol. The van der Waals surface area contributed by atoms with Crippen LogP contribution < -0.4 is 0 Å². The average Bonchev–Trinajstić information content (AvgIpc) is 2.24. The second-order valence-corrected chi connectivity index (χ2v) is 3.50. The van der Waals surface area contributed by atoms with Crippen LogP contribution in [0.15, 0.2) is 0 Å². The predicted molar refractivity (Wildman–Crippen MR) is 66.9 cm³/mol. The van der Waals surface area contributed by atoms with Gasteiger partial charge in [0.15, 0.2) is 0 Å². The molecule has 88 valence electrons. The van der Waals surface area contributed by atoms with E-state index in [-0.39, 0.29) is 0 Å². The number of nitrogens with zero attached hydrogens (tertiary/aromatic N) is 2. The first-order valence-corrected chi connectivity index (χ1v) is 6.05. The molecule has 0 atom stereocenters. The highest BCUT2D eigenvalue weighted by Gasteiger charge is 2.17. The fourth-order valence-electron chi connectivity index (χ4n) is 1.51. The summed E-state index contributed by atoms with van der Waals surface area (Å²) in [4.78, 5) is 4.74. The number of hydrogen-bond acceptors (Lipinski definition) is 2. The number of rotatable bonds is 1. The lowest BCUT2D eigenvalue weighted by Gasteiger charge is -2.32. The molecule has 0 unspecified atom stereocenters. The molecule has 0 bridgehead atoms. The van der Waals surface area contributed by atoms with Crippen LogP contribution >= 0.6 is 0 Å². The van der Waals surface area contributed by atoms with Crippen LogP contribution in [0.1, 0.15) is 40.5 Å². The molecule has 0 aliphatic carbocycles. The van der Waals surface area contributed by atoms with Gasteiger partial charge >= 0.3 is 0 Å². The molecule has 0 aromatic heterocycles. The van der Waals surface area contributed by atoms with Gasteiger partial charge in [-0.2, -0.15) is 0 Å². The maximum absolute atomic E-state index is 2.40. The lowest BCUT2D eigenvalue weighted by Crippen LogP contribution is -2.40. The summed E-state index contributed by atoms with van der Waals surface area (Å²) in [5, 5.41) is 0. The molecular weight excluding hydrogens is 172 g/mol. The maximum atomic E-state index is 2.40. The molecule has 0 aromatic carbocycles. The van der Waals surface area contributed by atoms with Crippen LogP contribution in [-0.2, 0) is 0 Å². The number of likely N-dealkylation sites (tertiary alicyclic amines) is 1. The standard InChI is InChI=1S/C8H18N2.2C2H6/c1-9(2)8-4-6-10(3)7-5-8;2*1-2/h8H,4-7H2,1-3H3;2*1-2H3. The average molecular weight is 202 g/mol. The third kappa shape index (κ3) is 7.34. The Morgan fingerprint density at radius 3 is 1.57 bits per heavy atom. The first-order valence-electron chi connectivity index (χ1n) is 6.05. The molecule has 1 rings (SSSR count). The minimum atomic E-state index is 0.830. The van der Waals surface area contributed by atoms with Crippen LogP contribution in [0.4, 0.5) is 0 Å². The lowest BCUT2D eigenvalue weighted by molar-refractivity contribution is 0.166. The summed E-state index contributed by atoms with van der Waals surface area (Å²) < 4.78 is 0. The van der Waals surface area contributed by atoms with E-state index in [4.69, 9.17) is 0 Å². The first-order chi connectivity index (χ1) is 6.70. The van der Waals surface area contributed by atoms with Crippen molar-refractivity contribution in [1.82, 2.24) is 9.80 Å². The molecule has 0 spiro atoms. The Morgan fingerprint density at radius 2 is 1.29 bits per heavy atom. The molecule has 1 aliphatic heterocycles. The normalized spacial score (nSPS) is 18.0. The van der Waals surface area contributed by atoms with Crippen molar-refractivity contribution in [1.29, 1.82) is 0 Å². The van der Waals surface area contributed by atoms with Crippen molar-refractivity contribution in [3.63, 3.8) is 0 Å². The summed E-state index contributed by atoms with van der Waals surface area (Å²) in [7, 11) is 6.55. The third-order valence-corrected chi connectivity index (χ3v) is 2.42. The Bertz CT molecular complexity index is 94.5. The van der Waals surface area contributed by atoms with E-state index < -0.39 is 0 Å². The fraction of sp³-hybridized carbons (Fsp3) is 1.00. The molecule has 0 amide bonds. The Balaban J connectivity index is 0. The second kappa shape index (κ2) is 11.0. The fourth-order valence-corrected chi connectivity index (χ4v) is 1.51. The van der Waals surface area contributed by atoms with E-state index in [9.17, 15) is 0 Å². The van der Waals surface area contributed by atoms with E-state index in [1.807, 2.05) is 27.7 Å². The van der Waals surface area contributed by atoms with Crippen LogP contribution in [0.5, 0.6) is 0 Å². The van der Waals surface area contributed by atoms with Crippen LogP contribution in [-0.4, -0.2) is 50.1 Å². The van der Waals surface area contributed by atoms with E-state index in [0.717, 1.165) is 6.04 Å². The van der Waals surface area contributed by atoms with E-state index in [0.29, 0.717) is 0 Å². The molecule has 0 N–H and O–H groups in total. The van der Waals surface area contributed by atoms with E-state index >= 15 is 0 Å². The molecule has 1 fully saturated rings. The zero-order valence-electron chi connectivity index (χ0n) is 11.3.